The number of aromatic nitrogens is 4. The van der Waals surface area contributed by atoms with Gasteiger partial charge in [-0.2, -0.15) is 0 Å². The van der Waals surface area contributed by atoms with Crippen LogP contribution in [0.4, 0.5) is 4.39 Å². The van der Waals surface area contributed by atoms with Crippen molar-refractivity contribution in [1.29, 1.82) is 0 Å². The first-order valence-electron chi connectivity index (χ1n) is 9.59. The highest BCUT2D eigenvalue weighted by Gasteiger charge is 2.17. The summed E-state index contributed by atoms with van der Waals surface area (Å²) >= 11 is 4.90. The summed E-state index contributed by atoms with van der Waals surface area (Å²) in [5.74, 6) is 0.783. The van der Waals surface area contributed by atoms with Gasteiger partial charge in [-0.3, -0.25) is 13.8 Å². The van der Waals surface area contributed by atoms with Crippen LogP contribution in [0.15, 0.2) is 87.2 Å². The van der Waals surface area contributed by atoms with Crippen LogP contribution < -0.4 is 5.56 Å². The highest BCUT2D eigenvalue weighted by Crippen LogP contribution is 2.28. The molecule has 0 unspecified atom stereocenters. The van der Waals surface area contributed by atoms with Crippen molar-refractivity contribution < 1.29 is 4.39 Å². The van der Waals surface area contributed by atoms with Crippen LogP contribution in [0.3, 0.4) is 0 Å². The highest BCUT2D eigenvalue weighted by atomic mass is 79.9. The van der Waals surface area contributed by atoms with E-state index in [4.69, 9.17) is 0 Å². The van der Waals surface area contributed by atoms with E-state index in [0.29, 0.717) is 33.1 Å². The molecule has 0 aliphatic rings. The van der Waals surface area contributed by atoms with Gasteiger partial charge in [0.25, 0.3) is 5.56 Å². The Morgan fingerprint density at radius 2 is 1.74 bits per heavy atom. The molecule has 5 rings (SSSR count). The maximum atomic E-state index is 13.4. The van der Waals surface area contributed by atoms with Crippen molar-refractivity contribution in [1.82, 2.24) is 19.2 Å². The molecule has 154 valence electrons. The fourth-order valence-corrected chi connectivity index (χ4v) is 5.14. The molecule has 0 saturated heterocycles. The zero-order valence-corrected chi connectivity index (χ0v) is 18.6. The first-order chi connectivity index (χ1) is 15.1. The molecule has 2 aromatic heterocycles. The Labute approximate surface area is 189 Å². The monoisotopic (exact) mass is 494 g/mol. The lowest BCUT2D eigenvalue weighted by molar-refractivity contribution is 0.626. The fraction of sp³-hybridized carbons (Fsp3) is 0.0870. The van der Waals surface area contributed by atoms with E-state index in [-0.39, 0.29) is 11.4 Å². The summed E-state index contributed by atoms with van der Waals surface area (Å²) in [5.41, 5.74) is 2.62. The average Bonchev–Trinajstić information content (AvgIpc) is 3.21. The highest BCUT2D eigenvalue weighted by molar-refractivity contribution is 9.10. The Morgan fingerprint density at radius 3 is 2.55 bits per heavy atom. The zero-order valence-electron chi connectivity index (χ0n) is 16.2. The van der Waals surface area contributed by atoms with Crippen LogP contribution in [-0.4, -0.2) is 19.2 Å². The first-order valence-corrected chi connectivity index (χ1v) is 11.4. The smallest absolute Gasteiger partial charge is 0.263 e. The van der Waals surface area contributed by atoms with Crippen LogP contribution in [0.25, 0.3) is 16.7 Å². The topological polar surface area (TPSA) is 52.2 Å². The molecule has 0 aliphatic heterocycles. The van der Waals surface area contributed by atoms with Gasteiger partial charge in [0.15, 0.2) is 5.16 Å². The van der Waals surface area contributed by atoms with Crippen LogP contribution in [-0.2, 0) is 12.3 Å². The molecule has 0 atom stereocenters. The number of fused-ring (bicyclic) bond motifs is 3. The summed E-state index contributed by atoms with van der Waals surface area (Å²) in [5, 5.41) is 10.0. The molecular weight excluding hydrogens is 479 g/mol. The number of hydrogen-bond donors (Lipinski definition) is 0. The van der Waals surface area contributed by atoms with Crippen molar-refractivity contribution in [2.45, 2.75) is 17.5 Å². The maximum absolute atomic E-state index is 13.4. The minimum absolute atomic E-state index is 0.0998. The second-order valence-corrected chi connectivity index (χ2v) is 8.83. The van der Waals surface area contributed by atoms with Gasteiger partial charge in [0, 0.05) is 10.2 Å². The molecule has 5 nitrogen and oxygen atoms in total. The standard InChI is InChI=1S/C23H16BrFN4OS/c24-19-12-17(25)11-10-16(19)14-31-23-27-26-22-28(13-15-6-2-1-3-7-15)21(30)18-8-4-5-9-20(18)29(22)23/h1-12H,13-14H2. The number of halogens is 2. The lowest BCUT2D eigenvalue weighted by Crippen LogP contribution is -2.24. The third-order valence-corrected chi connectivity index (χ3v) is 6.75. The van der Waals surface area contributed by atoms with Crippen molar-refractivity contribution in [3.05, 3.63) is 105 Å². The van der Waals surface area contributed by atoms with Crippen LogP contribution in [0.2, 0.25) is 0 Å². The summed E-state index contributed by atoms with van der Waals surface area (Å²) in [7, 11) is 0. The van der Waals surface area contributed by atoms with Crippen LogP contribution in [0, 0.1) is 5.82 Å². The summed E-state index contributed by atoms with van der Waals surface area (Å²) in [6.07, 6.45) is 0. The van der Waals surface area contributed by atoms with Crippen molar-refractivity contribution in [3.63, 3.8) is 0 Å². The van der Waals surface area contributed by atoms with Crippen LogP contribution in [0.1, 0.15) is 11.1 Å². The maximum Gasteiger partial charge on any atom is 0.263 e. The number of hydrogen-bond acceptors (Lipinski definition) is 4. The van der Waals surface area contributed by atoms with E-state index in [1.165, 1.54) is 23.9 Å². The molecule has 0 radical (unpaired) electrons. The van der Waals surface area contributed by atoms with Gasteiger partial charge in [-0.05, 0) is 35.4 Å². The third-order valence-electron chi connectivity index (χ3n) is 5.03. The lowest BCUT2D eigenvalue weighted by atomic mass is 10.2. The number of benzene rings is 3. The van der Waals surface area contributed by atoms with Crippen LogP contribution in [0.5, 0.6) is 0 Å². The number of rotatable bonds is 5. The Kier molecular flexibility index (Phi) is 5.33. The van der Waals surface area contributed by atoms with Gasteiger partial charge >= 0.3 is 0 Å². The van der Waals surface area contributed by atoms with Crippen LogP contribution >= 0.6 is 27.7 Å². The largest absolute Gasteiger partial charge is 0.272 e. The van der Waals surface area contributed by atoms with Crippen molar-refractivity contribution in [3.8, 4) is 0 Å². The minimum Gasteiger partial charge on any atom is -0.272 e. The van der Waals surface area contributed by atoms with E-state index in [9.17, 15) is 9.18 Å². The fourth-order valence-electron chi connectivity index (χ4n) is 3.52. The van der Waals surface area contributed by atoms with Gasteiger partial charge in [-0.1, -0.05) is 76.2 Å². The molecule has 0 aliphatic carbocycles. The molecule has 5 aromatic rings. The van der Waals surface area contributed by atoms with Gasteiger partial charge in [0.1, 0.15) is 5.82 Å². The quantitative estimate of drug-likeness (QED) is 0.311. The van der Waals surface area contributed by atoms with Crippen molar-refractivity contribution in [2.75, 3.05) is 0 Å². The molecule has 0 spiro atoms. The zero-order chi connectivity index (χ0) is 21.4. The summed E-state index contributed by atoms with van der Waals surface area (Å²) in [4.78, 5) is 13.2. The Bertz CT molecular complexity index is 1470. The summed E-state index contributed by atoms with van der Waals surface area (Å²) in [6, 6.07) is 21.9. The second-order valence-electron chi connectivity index (χ2n) is 7.04. The van der Waals surface area contributed by atoms with E-state index in [1.54, 1.807) is 10.6 Å². The average molecular weight is 495 g/mol. The Hall–Kier alpha value is -2.97. The third kappa shape index (κ3) is 3.77. The molecule has 31 heavy (non-hydrogen) atoms. The van der Waals surface area contributed by atoms with Crippen molar-refractivity contribution >= 4 is 44.4 Å². The molecular formula is C23H16BrFN4OS. The Balaban J connectivity index is 1.63. The molecule has 3 aromatic carbocycles. The number of thioether (sulfide) groups is 1. The van der Waals surface area contributed by atoms with E-state index in [1.807, 2.05) is 59.0 Å². The second kappa shape index (κ2) is 8.28. The van der Waals surface area contributed by atoms with Gasteiger partial charge in [0.2, 0.25) is 5.78 Å². The molecule has 0 amide bonds. The molecule has 0 bridgehead atoms. The normalized spacial score (nSPS) is 11.4. The van der Waals surface area contributed by atoms with Gasteiger partial charge in [-0.15, -0.1) is 10.2 Å². The molecule has 0 N–H and O–H groups in total. The van der Waals surface area contributed by atoms with Gasteiger partial charge in [0.05, 0.1) is 17.4 Å². The molecule has 8 heteroatoms. The summed E-state index contributed by atoms with van der Waals surface area (Å²) < 4.78 is 17.7. The minimum atomic E-state index is -0.288. The molecule has 2 heterocycles. The van der Waals surface area contributed by atoms with Gasteiger partial charge < -0.3 is 0 Å². The van der Waals surface area contributed by atoms with E-state index >= 15 is 0 Å². The first kappa shape index (κ1) is 20.0. The molecule has 0 fully saturated rings. The van der Waals surface area contributed by atoms with Crippen molar-refractivity contribution in [2.24, 2.45) is 0 Å². The predicted octanol–water partition coefficient (Wildman–Crippen LogP) is 5.29. The predicted molar refractivity (Wildman–Crippen MR) is 124 cm³/mol. The molecule has 0 saturated carbocycles. The van der Waals surface area contributed by atoms with E-state index in [2.05, 4.69) is 26.1 Å². The number of nitrogens with zero attached hydrogens (tertiary/aromatic N) is 4. The lowest BCUT2D eigenvalue weighted by Gasteiger charge is -2.11. The number of para-hydroxylation sites is 1. The van der Waals surface area contributed by atoms with Gasteiger partial charge in [-0.25, -0.2) is 4.39 Å². The summed E-state index contributed by atoms with van der Waals surface area (Å²) in [6.45, 7) is 0.403. The van der Waals surface area contributed by atoms with E-state index in [0.717, 1.165) is 16.6 Å². The van der Waals surface area contributed by atoms with E-state index < -0.39 is 0 Å². The SMILES string of the molecule is O=c1c2ccccc2n2c(SCc3ccc(F)cc3Br)nnc2n1Cc1ccccc1. The Morgan fingerprint density at radius 1 is 0.968 bits per heavy atom.